The van der Waals surface area contributed by atoms with Gasteiger partial charge in [0, 0.05) is 36.3 Å². The van der Waals surface area contributed by atoms with E-state index >= 15 is 4.39 Å². The van der Waals surface area contributed by atoms with Gasteiger partial charge in [-0.25, -0.2) is 33.7 Å². The van der Waals surface area contributed by atoms with Crippen molar-refractivity contribution in [1.82, 2.24) is 29.5 Å². The smallest absolute Gasteiger partial charge is 0.322 e. The number of hydrogen-bond acceptors (Lipinski definition) is 7. The fraction of sp³-hybridized carbons (Fsp3) is 0.115. The summed E-state index contributed by atoms with van der Waals surface area (Å²) in [6, 6.07) is 6.15. The number of aryl methyl sites for hydroxylation is 2. The molecule has 8 nitrogen and oxygen atoms in total. The predicted molar refractivity (Wildman–Crippen MR) is 131 cm³/mol. The van der Waals surface area contributed by atoms with Gasteiger partial charge in [-0.2, -0.15) is 0 Å². The van der Waals surface area contributed by atoms with E-state index in [-0.39, 0.29) is 28.8 Å². The number of terminal acetylenes is 1. The molecule has 0 saturated carbocycles. The lowest BCUT2D eigenvalue weighted by Gasteiger charge is -2.13. The second-order valence-corrected chi connectivity index (χ2v) is 8.07. The zero-order valence-electron chi connectivity index (χ0n) is 19.5. The van der Waals surface area contributed by atoms with Crippen molar-refractivity contribution in [3.05, 3.63) is 71.6 Å². The summed E-state index contributed by atoms with van der Waals surface area (Å²) in [7, 11) is 1.75. The van der Waals surface area contributed by atoms with Crippen molar-refractivity contribution in [1.29, 1.82) is 0 Å². The third-order valence-electron chi connectivity index (χ3n) is 5.85. The van der Waals surface area contributed by atoms with Crippen LogP contribution in [0.3, 0.4) is 0 Å². The number of halogens is 2. The largest absolute Gasteiger partial charge is 0.421 e. The summed E-state index contributed by atoms with van der Waals surface area (Å²) in [6.45, 7) is 3.38. The highest BCUT2D eigenvalue weighted by atomic mass is 19.1. The Morgan fingerprint density at radius 2 is 1.89 bits per heavy atom. The number of rotatable bonds is 4. The van der Waals surface area contributed by atoms with Gasteiger partial charge in [-0.05, 0) is 49.1 Å². The molecule has 0 fully saturated rings. The average molecular weight is 483 g/mol. The van der Waals surface area contributed by atoms with E-state index in [0.29, 0.717) is 39.1 Å². The standard InChI is InChI=1S/C26H19F2N7O/c1-5-18-22(28)14(3)16(11-31-18)23-20(21-24(29)32-12-33-25(21)35(23)4)15-6-7-19(17(27)10-15)36-26-30-9-8-13(2)34-26/h1,6-12H,2-4H3,(H2,29,32,33). The van der Waals surface area contributed by atoms with Crippen LogP contribution in [0, 0.1) is 37.8 Å². The number of hydrogen-bond donors (Lipinski definition) is 1. The van der Waals surface area contributed by atoms with E-state index in [2.05, 4.69) is 30.8 Å². The van der Waals surface area contributed by atoms with Crippen molar-refractivity contribution in [2.45, 2.75) is 13.8 Å². The van der Waals surface area contributed by atoms with Gasteiger partial charge in [-0.3, -0.25) is 0 Å². The molecule has 4 aromatic heterocycles. The summed E-state index contributed by atoms with van der Waals surface area (Å²) in [4.78, 5) is 20.7. The van der Waals surface area contributed by atoms with Crippen LogP contribution in [0.15, 0.2) is 43.0 Å². The molecule has 10 heteroatoms. The monoisotopic (exact) mass is 483 g/mol. The van der Waals surface area contributed by atoms with E-state index in [1.165, 1.54) is 30.9 Å². The molecule has 36 heavy (non-hydrogen) atoms. The first-order chi connectivity index (χ1) is 17.3. The Labute approximate surface area is 204 Å². The number of nitrogen functional groups attached to an aromatic ring is 1. The van der Waals surface area contributed by atoms with E-state index in [9.17, 15) is 4.39 Å². The molecule has 4 heterocycles. The van der Waals surface area contributed by atoms with Gasteiger partial charge in [-0.1, -0.05) is 6.07 Å². The molecule has 0 aliphatic carbocycles. The lowest BCUT2D eigenvalue weighted by Crippen LogP contribution is -2.01. The maximum absolute atomic E-state index is 15.3. The number of nitrogens with zero attached hydrogens (tertiary/aromatic N) is 6. The van der Waals surface area contributed by atoms with Gasteiger partial charge in [0.25, 0.3) is 0 Å². The highest BCUT2D eigenvalue weighted by Crippen LogP contribution is 2.43. The Morgan fingerprint density at radius 3 is 2.61 bits per heavy atom. The maximum Gasteiger partial charge on any atom is 0.322 e. The van der Waals surface area contributed by atoms with Crippen molar-refractivity contribution in [2.75, 3.05) is 5.73 Å². The molecule has 0 aliphatic rings. The molecular formula is C26H19F2N7O. The van der Waals surface area contributed by atoms with Crippen LogP contribution in [-0.4, -0.2) is 29.5 Å². The van der Waals surface area contributed by atoms with E-state index in [0.717, 1.165) is 0 Å². The third kappa shape index (κ3) is 3.67. The molecule has 5 aromatic rings. The first kappa shape index (κ1) is 22.9. The van der Waals surface area contributed by atoms with Crippen LogP contribution < -0.4 is 10.5 Å². The van der Waals surface area contributed by atoms with Gasteiger partial charge < -0.3 is 15.0 Å². The zero-order valence-corrected chi connectivity index (χ0v) is 19.5. The Bertz CT molecular complexity index is 1710. The number of nitrogens with two attached hydrogens (primary N) is 1. The minimum Gasteiger partial charge on any atom is -0.421 e. The summed E-state index contributed by atoms with van der Waals surface area (Å²) in [5, 5.41) is 0.492. The molecule has 0 amide bonds. The number of fused-ring (bicyclic) bond motifs is 1. The fourth-order valence-corrected chi connectivity index (χ4v) is 4.10. The molecule has 0 atom stereocenters. The normalized spacial score (nSPS) is 11.0. The molecule has 1 aromatic carbocycles. The van der Waals surface area contributed by atoms with E-state index < -0.39 is 11.6 Å². The summed E-state index contributed by atoms with van der Waals surface area (Å²) in [5.41, 5.74) is 9.54. The van der Waals surface area contributed by atoms with Crippen molar-refractivity contribution >= 4 is 16.9 Å². The Morgan fingerprint density at radius 1 is 1.08 bits per heavy atom. The lowest BCUT2D eigenvalue weighted by atomic mass is 9.96. The van der Waals surface area contributed by atoms with Gasteiger partial charge in [0.1, 0.15) is 23.5 Å². The third-order valence-corrected chi connectivity index (χ3v) is 5.85. The van der Waals surface area contributed by atoms with Crippen molar-refractivity contribution < 1.29 is 13.5 Å². The summed E-state index contributed by atoms with van der Waals surface area (Å²) in [5.74, 6) is 1.11. The van der Waals surface area contributed by atoms with Crippen LogP contribution in [0.1, 0.15) is 17.0 Å². The number of benzene rings is 1. The molecule has 0 spiro atoms. The van der Waals surface area contributed by atoms with Crippen LogP contribution in [0.5, 0.6) is 11.8 Å². The lowest BCUT2D eigenvalue weighted by molar-refractivity contribution is 0.410. The van der Waals surface area contributed by atoms with Crippen LogP contribution >= 0.6 is 0 Å². The first-order valence-corrected chi connectivity index (χ1v) is 10.8. The molecule has 2 N–H and O–H groups in total. The summed E-state index contributed by atoms with van der Waals surface area (Å²) in [6.07, 6.45) is 9.72. The van der Waals surface area contributed by atoms with Gasteiger partial charge in [0.15, 0.2) is 17.4 Å². The second-order valence-electron chi connectivity index (χ2n) is 8.07. The van der Waals surface area contributed by atoms with Crippen LogP contribution in [0.2, 0.25) is 0 Å². The Balaban J connectivity index is 1.73. The number of aromatic nitrogens is 6. The van der Waals surface area contributed by atoms with E-state index in [4.69, 9.17) is 16.9 Å². The summed E-state index contributed by atoms with van der Waals surface area (Å²) >= 11 is 0. The minimum absolute atomic E-state index is 0.0240. The minimum atomic E-state index is -0.653. The Hall–Kier alpha value is -4.91. The highest BCUT2D eigenvalue weighted by Gasteiger charge is 2.25. The van der Waals surface area contributed by atoms with Gasteiger partial charge >= 0.3 is 6.01 Å². The molecule has 178 valence electrons. The van der Waals surface area contributed by atoms with Crippen molar-refractivity contribution in [3.8, 4) is 46.5 Å². The first-order valence-electron chi connectivity index (χ1n) is 10.8. The second kappa shape index (κ2) is 8.70. The summed E-state index contributed by atoms with van der Waals surface area (Å²) < 4.78 is 37.5. The molecule has 0 unspecified atom stereocenters. The van der Waals surface area contributed by atoms with Gasteiger partial charge in [0.05, 0.1) is 11.1 Å². The fourth-order valence-electron chi connectivity index (χ4n) is 4.10. The molecule has 0 aliphatic heterocycles. The molecule has 0 radical (unpaired) electrons. The van der Waals surface area contributed by atoms with E-state index in [1.807, 2.05) is 0 Å². The molecule has 5 rings (SSSR count). The number of anilines is 1. The average Bonchev–Trinajstić information content (AvgIpc) is 3.15. The van der Waals surface area contributed by atoms with Crippen LogP contribution in [-0.2, 0) is 7.05 Å². The van der Waals surface area contributed by atoms with Crippen LogP contribution in [0.4, 0.5) is 14.6 Å². The molecular weight excluding hydrogens is 464 g/mol. The van der Waals surface area contributed by atoms with E-state index in [1.54, 1.807) is 37.6 Å². The molecule has 0 saturated heterocycles. The SMILES string of the molecule is C#Cc1ncc(-c2c(-c3ccc(Oc4nccc(C)n4)c(F)c3)c3c(N)ncnc3n2C)c(C)c1F. The van der Waals surface area contributed by atoms with Crippen molar-refractivity contribution in [2.24, 2.45) is 7.05 Å². The topological polar surface area (TPSA) is 105 Å². The molecule has 0 bridgehead atoms. The van der Waals surface area contributed by atoms with Crippen molar-refractivity contribution in [3.63, 3.8) is 0 Å². The highest BCUT2D eigenvalue weighted by molar-refractivity contribution is 6.08. The zero-order chi connectivity index (χ0) is 25.6. The quantitative estimate of drug-likeness (QED) is 0.368. The van der Waals surface area contributed by atoms with Crippen LogP contribution in [0.25, 0.3) is 33.4 Å². The van der Waals surface area contributed by atoms with Gasteiger partial charge in [0.2, 0.25) is 0 Å². The number of ether oxygens (including phenoxy) is 1. The predicted octanol–water partition coefficient (Wildman–Crippen LogP) is 4.74. The van der Waals surface area contributed by atoms with Gasteiger partial charge in [-0.15, -0.1) is 6.42 Å². The Kier molecular flexibility index (Phi) is 5.53. The number of pyridine rings is 1. The maximum atomic E-state index is 15.3.